The number of nitrogens with zero attached hydrogens (tertiary/aromatic N) is 3. The molecule has 7 heteroatoms. The van der Waals surface area contributed by atoms with E-state index in [4.69, 9.17) is 9.26 Å². The van der Waals surface area contributed by atoms with Crippen LogP contribution in [0.5, 0.6) is 11.5 Å². The zero-order valence-electron chi connectivity index (χ0n) is 9.90. The standard InChI is InChI=1S/C12H9N3O3S/c1-17-8-4-2-3-7(10(8)16)12-14-11(15-18-12)9-5-13-6-19-9/h2-6,16H,1H3. The first-order valence-electron chi connectivity index (χ1n) is 5.38. The fourth-order valence-electron chi connectivity index (χ4n) is 1.62. The van der Waals surface area contributed by atoms with Gasteiger partial charge in [0, 0.05) is 6.20 Å². The lowest BCUT2D eigenvalue weighted by Crippen LogP contribution is -1.86. The van der Waals surface area contributed by atoms with E-state index in [1.165, 1.54) is 18.4 Å². The lowest BCUT2D eigenvalue weighted by atomic mass is 10.2. The number of phenols is 1. The molecule has 0 atom stereocenters. The summed E-state index contributed by atoms with van der Waals surface area (Å²) in [4.78, 5) is 8.99. The van der Waals surface area contributed by atoms with Crippen LogP contribution < -0.4 is 4.74 Å². The maximum absolute atomic E-state index is 10.0. The molecule has 1 aromatic carbocycles. The monoisotopic (exact) mass is 275 g/mol. The summed E-state index contributed by atoms with van der Waals surface area (Å²) < 4.78 is 10.2. The first kappa shape index (κ1) is 11.7. The first-order chi connectivity index (χ1) is 9.29. The molecule has 0 aliphatic carbocycles. The molecule has 6 nitrogen and oxygen atoms in total. The smallest absolute Gasteiger partial charge is 0.262 e. The number of aromatic hydroxyl groups is 1. The Morgan fingerprint density at radius 3 is 3.00 bits per heavy atom. The second-order valence-corrected chi connectivity index (χ2v) is 4.53. The van der Waals surface area contributed by atoms with Crippen LogP contribution in [0.3, 0.4) is 0 Å². The predicted molar refractivity (Wildman–Crippen MR) is 69.1 cm³/mol. The van der Waals surface area contributed by atoms with E-state index in [2.05, 4.69) is 15.1 Å². The molecule has 3 aromatic rings. The summed E-state index contributed by atoms with van der Waals surface area (Å²) in [5, 5.41) is 13.9. The van der Waals surface area contributed by atoms with Gasteiger partial charge in [0.25, 0.3) is 5.89 Å². The van der Waals surface area contributed by atoms with E-state index < -0.39 is 0 Å². The number of aromatic nitrogens is 3. The number of thiazole rings is 1. The number of hydrogen-bond acceptors (Lipinski definition) is 7. The maximum atomic E-state index is 10.0. The van der Waals surface area contributed by atoms with Crippen molar-refractivity contribution in [1.82, 2.24) is 15.1 Å². The zero-order chi connectivity index (χ0) is 13.2. The largest absolute Gasteiger partial charge is 0.504 e. The van der Waals surface area contributed by atoms with Gasteiger partial charge in [-0.2, -0.15) is 4.98 Å². The van der Waals surface area contributed by atoms with Crippen LogP contribution in [-0.4, -0.2) is 27.3 Å². The summed E-state index contributed by atoms with van der Waals surface area (Å²) in [6.45, 7) is 0. The van der Waals surface area contributed by atoms with Crippen molar-refractivity contribution in [3.8, 4) is 33.7 Å². The first-order valence-corrected chi connectivity index (χ1v) is 6.26. The van der Waals surface area contributed by atoms with Gasteiger partial charge in [0.2, 0.25) is 5.82 Å². The third kappa shape index (κ3) is 2.04. The third-order valence-corrected chi connectivity index (χ3v) is 3.30. The average molecular weight is 275 g/mol. The van der Waals surface area contributed by atoms with Gasteiger partial charge >= 0.3 is 0 Å². The summed E-state index contributed by atoms with van der Waals surface area (Å²) in [7, 11) is 1.48. The van der Waals surface area contributed by atoms with Gasteiger partial charge in [-0.3, -0.25) is 4.98 Å². The number of methoxy groups -OCH3 is 1. The Morgan fingerprint density at radius 2 is 2.26 bits per heavy atom. The Labute approximate surface area is 112 Å². The molecule has 0 bridgehead atoms. The van der Waals surface area contributed by atoms with E-state index in [1.54, 1.807) is 29.9 Å². The van der Waals surface area contributed by atoms with Crippen LogP contribution in [0.25, 0.3) is 22.2 Å². The highest BCUT2D eigenvalue weighted by molar-refractivity contribution is 7.13. The highest BCUT2D eigenvalue weighted by Crippen LogP contribution is 2.36. The molecule has 96 valence electrons. The molecule has 0 amide bonds. The van der Waals surface area contributed by atoms with Crippen molar-refractivity contribution in [2.45, 2.75) is 0 Å². The molecule has 0 fully saturated rings. The van der Waals surface area contributed by atoms with E-state index in [1.807, 2.05) is 0 Å². The number of phenolic OH excluding ortho intramolecular Hbond substituents is 1. The quantitative estimate of drug-likeness (QED) is 0.791. The molecule has 1 N–H and O–H groups in total. The molecular weight excluding hydrogens is 266 g/mol. The van der Waals surface area contributed by atoms with Crippen LogP contribution in [0.15, 0.2) is 34.4 Å². The van der Waals surface area contributed by atoms with Gasteiger partial charge in [-0.25, -0.2) is 0 Å². The van der Waals surface area contributed by atoms with Gasteiger partial charge in [-0.05, 0) is 12.1 Å². The van der Waals surface area contributed by atoms with Crippen LogP contribution in [0.2, 0.25) is 0 Å². The Bertz CT molecular complexity index is 694. The van der Waals surface area contributed by atoms with Crippen LogP contribution in [0.1, 0.15) is 0 Å². The molecule has 0 spiro atoms. The Kier molecular flexibility index (Phi) is 2.88. The molecular formula is C12H9N3O3S. The average Bonchev–Trinajstić information content (AvgIpc) is 3.09. The van der Waals surface area contributed by atoms with Crippen molar-refractivity contribution in [1.29, 1.82) is 0 Å². The summed E-state index contributed by atoms with van der Waals surface area (Å²) >= 11 is 1.41. The minimum Gasteiger partial charge on any atom is -0.504 e. The molecule has 19 heavy (non-hydrogen) atoms. The van der Waals surface area contributed by atoms with Crippen LogP contribution in [0.4, 0.5) is 0 Å². The van der Waals surface area contributed by atoms with Gasteiger partial charge < -0.3 is 14.4 Å². The lowest BCUT2D eigenvalue weighted by molar-refractivity contribution is 0.371. The number of ether oxygens (including phenoxy) is 1. The SMILES string of the molecule is COc1cccc(-c2nc(-c3cncs3)no2)c1O. The van der Waals surface area contributed by atoms with Gasteiger partial charge in [0.1, 0.15) is 0 Å². The Balaban J connectivity index is 2.04. The highest BCUT2D eigenvalue weighted by atomic mass is 32.1. The fraction of sp³-hybridized carbons (Fsp3) is 0.0833. The van der Waals surface area contributed by atoms with Gasteiger partial charge in [0.15, 0.2) is 11.5 Å². The van der Waals surface area contributed by atoms with Crippen molar-refractivity contribution >= 4 is 11.3 Å². The lowest BCUT2D eigenvalue weighted by Gasteiger charge is -2.04. The topological polar surface area (TPSA) is 81.3 Å². The van der Waals surface area contributed by atoms with Crippen molar-refractivity contribution in [3.63, 3.8) is 0 Å². The van der Waals surface area contributed by atoms with Crippen molar-refractivity contribution in [2.24, 2.45) is 0 Å². The van der Waals surface area contributed by atoms with Gasteiger partial charge in [0.05, 0.1) is 23.1 Å². The summed E-state index contributed by atoms with van der Waals surface area (Å²) in [6.07, 6.45) is 1.66. The fourth-order valence-corrected chi connectivity index (χ4v) is 2.16. The molecule has 0 aliphatic heterocycles. The van der Waals surface area contributed by atoms with Crippen molar-refractivity contribution < 1.29 is 14.4 Å². The molecule has 3 rings (SSSR count). The normalized spacial score (nSPS) is 10.6. The summed E-state index contributed by atoms with van der Waals surface area (Å²) in [5.74, 6) is 1.01. The van der Waals surface area contributed by atoms with Crippen molar-refractivity contribution in [3.05, 3.63) is 29.9 Å². The van der Waals surface area contributed by atoms with Crippen LogP contribution in [-0.2, 0) is 0 Å². The number of rotatable bonds is 3. The molecule has 2 aromatic heterocycles. The number of hydrogen-bond donors (Lipinski definition) is 1. The second kappa shape index (κ2) is 4.69. The van der Waals surface area contributed by atoms with E-state index in [-0.39, 0.29) is 11.6 Å². The Hall–Kier alpha value is -2.41. The molecule has 2 heterocycles. The maximum Gasteiger partial charge on any atom is 0.262 e. The molecule has 0 saturated carbocycles. The summed E-state index contributed by atoms with van der Waals surface area (Å²) in [6, 6.07) is 5.07. The molecule has 0 saturated heterocycles. The van der Waals surface area contributed by atoms with E-state index in [9.17, 15) is 5.11 Å². The molecule has 0 unspecified atom stereocenters. The predicted octanol–water partition coefficient (Wildman–Crippen LogP) is 2.57. The summed E-state index contributed by atoms with van der Waals surface area (Å²) in [5.41, 5.74) is 2.12. The number of benzene rings is 1. The van der Waals surface area contributed by atoms with Crippen LogP contribution in [0, 0.1) is 0 Å². The van der Waals surface area contributed by atoms with E-state index in [0.717, 1.165) is 4.88 Å². The minimum absolute atomic E-state index is 0.0236. The highest BCUT2D eigenvalue weighted by Gasteiger charge is 2.17. The van der Waals surface area contributed by atoms with Crippen LogP contribution >= 0.6 is 11.3 Å². The number of para-hydroxylation sites is 1. The zero-order valence-corrected chi connectivity index (χ0v) is 10.7. The van der Waals surface area contributed by atoms with E-state index >= 15 is 0 Å². The van der Waals surface area contributed by atoms with E-state index in [0.29, 0.717) is 17.1 Å². The second-order valence-electron chi connectivity index (χ2n) is 3.65. The minimum atomic E-state index is -0.0236. The van der Waals surface area contributed by atoms with Gasteiger partial charge in [-0.15, -0.1) is 11.3 Å². The molecule has 0 radical (unpaired) electrons. The third-order valence-electron chi connectivity index (χ3n) is 2.53. The van der Waals surface area contributed by atoms with Gasteiger partial charge in [-0.1, -0.05) is 11.2 Å². The van der Waals surface area contributed by atoms with Crippen molar-refractivity contribution in [2.75, 3.05) is 7.11 Å². The molecule has 0 aliphatic rings. The Morgan fingerprint density at radius 1 is 1.37 bits per heavy atom.